The van der Waals surface area contributed by atoms with Crippen molar-refractivity contribution in [2.75, 3.05) is 24.5 Å². The number of halogens is 1. The van der Waals surface area contributed by atoms with E-state index in [1.807, 2.05) is 17.9 Å². The van der Waals surface area contributed by atoms with Crippen LogP contribution in [0.2, 0.25) is 0 Å². The van der Waals surface area contributed by atoms with E-state index < -0.39 is 6.10 Å². The molecule has 6 heteroatoms. The maximum absolute atomic E-state index is 14.0. The van der Waals surface area contributed by atoms with Crippen molar-refractivity contribution in [1.82, 2.24) is 10.6 Å². The first-order valence-corrected chi connectivity index (χ1v) is 8.19. The Balaban J connectivity index is 1.88. The van der Waals surface area contributed by atoms with E-state index in [9.17, 15) is 14.3 Å². The van der Waals surface area contributed by atoms with E-state index in [0.29, 0.717) is 25.2 Å². The van der Waals surface area contributed by atoms with Crippen LogP contribution in [0.25, 0.3) is 0 Å². The lowest BCUT2D eigenvalue weighted by atomic mass is 10.0. The minimum absolute atomic E-state index is 0.00443. The Bertz CT molecular complexity index is 537. The maximum Gasteiger partial charge on any atom is 0.315 e. The summed E-state index contributed by atoms with van der Waals surface area (Å²) in [4.78, 5) is 13.9. The summed E-state index contributed by atoms with van der Waals surface area (Å²) in [6.07, 6.45) is 1.89. The van der Waals surface area contributed by atoms with Gasteiger partial charge in [-0.3, -0.25) is 0 Å². The van der Waals surface area contributed by atoms with Gasteiger partial charge in [0.15, 0.2) is 0 Å². The van der Waals surface area contributed by atoms with E-state index in [1.54, 1.807) is 13.0 Å². The molecule has 0 bridgehead atoms. The molecule has 1 heterocycles. The molecule has 0 aromatic heterocycles. The van der Waals surface area contributed by atoms with Crippen molar-refractivity contribution in [2.45, 2.75) is 45.3 Å². The lowest BCUT2D eigenvalue weighted by Crippen LogP contribution is -2.51. The standard InChI is InChI=1S/C17H26FN3O2/c1-12-5-6-15(18)16(10-12)21-9-3-4-14(11-21)20-17(23)19-8-7-13(2)22/h5-6,10,13-14,22H,3-4,7-9,11H2,1-2H3,(H2,19,20,23). The predicted molar refractivity (Wildman–Crippen MR) is 89.2 cm³/mol. The molecule has 1 aliphatic heterocycles. The van der Waals surface area contributed by atoms with Crippen LogP contribution in [0, 0.1) is 12.7 Å². The third-order valence-electron chi connectivity index (χ3n) is 4.05. The molecule has 2 atom stereocenters. The Kier molecular flexibility index (Phi) is 6.21. The minimum atomic E-state index is -0.426. The van der Waals surface area contributed by atoms with Gasteiger partial charge >= 0.3 is 6.03 Å². The predicted octanol–water partition coefficient (Wildman–Crippen LogP) is 2.17. The second-order valence-electron chi connectivity index (χ2n) is 6.28. The number of aliphatic hydroxyl groups is 1. The number of hydrogen-bond acceptors (Lipinski definition) is 3. The number of aryl methyl sites for hydroxylation is 1. The topological polar surface area (TPSA) is 64.6 Å². The van der Waals surface area contributed by atoms with E-state index in [0.717, 1.165) is 24.9 Å². The van der Waals surface area contributed by atoms with Crippen molar-refractivity contribution in [1.29, 1.82) is 0 Å². The number of piperidine rings is 1. The molecule has 1 aliphatic rings. The number of nitrogens with one attached hydrogen (secondary N) is 2. The largest absolute Gasteiger partial charge is 0.393 e. The van der Waals surface area contributed by atoms with Crippen molar-refractivity contribution in [3.05, 3.63) is 29.6 Å². The average Bonchev–Trinajstić information content (AvgIpc) is 2.49. The van der Waals surface area contributed by atoms with Gasteiger partial charge in [-0.25, -0.2) is 9.18 Å². The van der Waals surface area contributed by atoms with Crippen molar-refractivity contribution in [3.8, 4) is 0 Å². The van der Waals surface area contributed by atoms with Crippen molar-refractivity contribution < 1.29 is 14.3 Å². The number of benzene rings is 1. The summed E-state index contributed by atoms with van der Waals surface area (Å²) in [5, 5.41) is 14.8. The summed E-state index contributed by atoms with van der Waals surface area (Å²) in [6.45, 7) is 5.46. The first-order valence-electron chi connectivity index (χ1n) is 8.19. The fraction of sp³-hybridized carbons (Fsp3) is 0.588. The summed E-state index contributed by atoms with van der Waals surface area (Å²) < 4.78 is 14.0. The molecule has 23 heavy (non-hydrogen) atoms. The number of hydrogen-bond donors (Lipinski definition) is 3. The second kappa shape index (κ2) is 8.15. The van der Waals surface area contributed by atoms with Gasteiger partial charge in [0.05, 0.1) is 11.8 Å². The van der Waals surface area contributed by atoms with Crippen molar-refractivity contribution >= 4 is 11.7 Å². The summed E-state index contributed by atoms with van der Waals surface area (Å²) in [5.41, 5.74) is 1.62. The van der Waals surface area contributed by atoms with Gasteiger partial charge in [-0.15, -0.1) is 0 Å². The molecule has 0 spiro atoms. The first-order chi connectivity index (χ1) is 11.0. The SMILES string of the molecule is Cc1ccc(F)c(N2CCCC(NC(=O)NCCC(C)O)C2)c1. The van der Waals surface area contributed by atoms with Crippen molar-refractivity contribution in [3.63, 3.8) is 0 Å². The van der Waals surface area contributed by atoms with Crippen LogP contribution in [0.5, 0.6) is 0 Å². The molecule has 2 unspecified atom stereocenters. The normalized spacial score (nSPS) is 19.3. The number of aliphatic hydroxyl groups excluding tert-OH is 1. The highest BCUT2D eigenvalue weighted by molar-refractivity contribution is 5.74. The molecule has 128 valence electrons. The molecule has 0 aliphatic carbocycles. The summed E-state index contributed by atoms with van der Waals surface area (Å²) in [7, 11) is 0. The Morgan fingerprint density at radius 3 is 3.04 bits per heavy atom. The molecule has 5 nitrogen and oxygen atoms in total. The smallest absolute Gasteiger partial charge is 0.315 e. The second-order valence-corrected chi connectivity index (χ2v) is 6.28. The van der Waals surface area contributed by atoms with Gasteiger partial charge in [-0.1, -0.05) is 6.07 Å². The molecular weight excluding hydrogens is 297 g/mol. The third kappa shape index (κ3) is 5.39. The van der Waals surface area contributed by atoms with Gasteiger partial charge in [0.2, 0.25) is 0 Å². The van der Waals surface area contributed by atoms with Crippen LogP contribution in [-0.2, 0) is 0 Å². The van der Waals surface area contributed by atoms with E-state index in [1.165, 1.54) is 6.07 Å². The Morgan fingerprint density at radius 2 is 2.30 bits per heavy atom. The molecule has 1 saturated heterocycles. The number of urea groups is 1. The zero-order chi connectivity index (χ0) is 16.8. The Labute approximate surface area is 136 Å². The molecule has 1 aromatic rings. The van der Waals surface area contributed by atoms with Crippen LogP contribution in [0.3, 0.4) is 0 Å². The molecule has 0 radical (unpaired) electrons. The van der Waals surface area contributed by atoms with Gasteiger partial charge in [0, 0.05) is 25.7 Å². The zero-order valence-electron chi connectivity index (χ0n) is 13.8. The van der Waals surface area contributed by atoms with Crippen LogP contribution in [0.1, 0.15) is 31.7 Å². The number of amides is 2. The first kappa shape index (κ1) is 17.5. The summed E-state index contributed by atoms with van der Waals surface area (Å²) in [6, 6.07) is 4.86. The molecule has 1 fully saturated rings. The number of anilines is 1. The summed E-state index contributed by atoms with van der Waals surface area (Å²) in [5.74, 6) is -0.224. The van der Waals surface area contributed by atoms with Crippen LogP contribution in [-0.4, -0.2) is 42.9 Å². The Morgan fingerprint density at radius 1 is 1.52 bits per heavy atom. The minimum Gasteiger partial charge on any atom is -0.393 e. The molecule has 2 rings (SSSR count). The van der Waals surface area contributed by atoms with Gasteiger partial charge in [-0.05, 0) is 50.8 Å². The number of rotatable bonds is 5. The molecule has 3 N–H and O–H groups in total. The zero-order valence-corrected chi connectivity index (χ0v) is 13.8. The van der Waals surface area contributed by atoms with Gasteiger partial charge in [0.1, 0.15) is 5.82 Å². The third-order valence-corrected chi connectivity index (χ3v) is 4.05. The van der Waals surface area contributed by atoms with E-state index in [4.69, 9.17) is 0 Å². The highest BCUT2D eigenvalue weighted by Gasteiger charge is 2.23. The fourth-order valence-corrected chi connectivity index (χ4v) is 2.81. The summed E-state index contributed by atoms with van der Waals surface area (Å²) >= 11 is 0. The van der Waals surface area contributed by atoms with Gasteiger partial charge < -0.3 is 20.6 Å². The monoisotopic (exact) mass is 323 g/mol. The number of carbonyl (C=O) groups is 1. The lowest BCUT2D eigenvalue weighted by molar-refractivity contribution is 0.183. The van der Waals surface area contributed by atoms with E-state index >= 15 is 0 Å². The van der Waals surface area contributed by atoms with E-state index in [2.05, 4.69) is 10.6 Å². The van der Waals surface area contributed by atoms with E-state index in [-0.39, 0.29) is 17.9 Å². The van der Waals surface area contributed by atoms with Crippen molar-refractivity contribution in [2.24, 2.45) is 0 Å². The fourth-order valence-electron chi connectivity index (χ4n) is 2.81. The van der Waals surface area contributed by atoms with Crippen LogP contribution < -0.4 is 15.5 Å². The van der Waals surface area contributed by atoms with Gasteiger partial charge in [0.25, 0.3) is 0 Å². The average molecular weight is 323 g/mol. The highest BCUT2D eigenvalue weighted by Crippen LogP contribution is 2.24. The molecule has 1 aromatic carbocycles. The molecule has 2 amide bonds. The van der Waals surface area contributed by atoms with Crippen LogP contribution >= 0.6 is 0 Å². The number of carbonyl (C=O) groups excluding carboxylic acids is 1. The Hall–Kier alpha value is -1.82. The lowest BCUT2D eigenvalue weighted by Gasteiger charge is -2.35. The highest BCUT2D eigenvalue weighted by atomic mass is 19.1. The van der Waals surface area contributed by atoms with Crippen LogP contribution in [0.15, 0.2) is 18.2 Å². The molecular formula is C17H26FN3O2. The van der Waals surface area contributed by atoms with Gasteiger partial charge in [-0.2, -0.15) is 0 Å². The van der Waals surface area contributed by atoms with Crippen LogP contribution in [0.4, 0.5) is 14.9 Å². The number of nitrogens with zero attached hydrogens (tertiary/aromatic N) is 1. The molecule has 0 saturated carbocycles. The maximum atomic E-state index is 14.0. The quantitative estimate of drug-likeness (QED) is 0.778.